The molecular formula is C20H20OSi. The Balaban J connectivity index is 1.93. The topological polar surface area (TPSA) is 9.23 Å². The molecule has 3 aromatic carbocycles. The average Bonchev–Trinajstić information content (AvgIpc) is 2.62. The van der Waals surface area contributed by atoms with Gasteiger partial charge in [-0.25, -0.2) is 0 Å². The van der Waals surface area contributed by atoms with Crippen LogP contribution in [-0.4, -0.2) is 9.76 Å². The van der Waals surface area contributed by atoms with Crippen molar-refractivity contribution in [1.82, 2.24) is 0 Å². The molecule has 2 heteroatoms. The Bertz CT molecular complexity index is 656. The molecule has 22 heavy (non-hydrogen) atoms. The minimum atomic E-state index is -0.803. The van der Waals surface area contributed by atoms with Crippen molar-refractivity contribution >= 4 is 14.9 Å². The summed E-state index contributed by atoms with van der Waals surface area (Å²) in [6.07, 6.45) is 0. The van der Waals surface area contributed by atoms with Gasteiger partial charge in [-0.1, -0.05) is 91.0 Å². The van der Waals surface area contributed by atoms with Crippen molar-refractivity contribution < 1.29 is 4.43 Å². The Kier molecular flexibility index (Phi) is 4.52. The van der Waals surface area contributed by atoms with Crippen LogP contribution in [0.5, 0.6) is 0 Å². The van der Waals surface area contributed by atoms with Crippen molar-refractivity contribution in [3.05, 3.63) is 102 Å². The van der Waals surface area contributed by atoms with E-state index < -0.39 is 15.4 Å². The summed E-state index contributed by atoms with van der Waals surface area (Å²) in [5.74, 6) is 0. The van der Waals surface area contributed by atoms with E-state index in [1.165, 1.54) is 16.3 Å². The van der Waals surface area contributed by atoms with Gasteiger partial charge in [0.2, 0.25) is 0 Å². The van der Waals surface area contributed by atoms with E-state index in [2.05, 4.69) is 79.7 Å². The molecule has 3 rings (SSSR count). The largest absolute Gasteiger partial charge is 0.405 e. The summed E-state index contributed by atoms with van der Waals surface area (Å²) in [4.78, 5) is 0. The quantitative estimate of drug-likeness (QED) is 0.657. The molecule has 0 heterocycles. The van der Waals surface area contributed by atoms with Gasteiger partial charge in [0.15, 0.2) is 9.76 Å². The van der Waals surface area contributed by atoms with Crippen LogP contribution in [0.15, 0.2) is 91.0 Å². The van der Waals surface area contributed by atoms with Crippen LogP contribution in [0.2, 0.25) is 0 Å². The monoisotopic (exact) mass is 304 g/mol. The molecule has 1 nitrogen and oxygen atoms in total. The Morgan fingerprint density at radius 3 is 1.50 bits per heavy atom. The fraction of sp³-hybridized carbons (Fsp3) is 0.100. The van der Waals surface area contributed by atoms with E-state index in [4.69, 9.17) is 4.43 Å². The lowest BCUT2D eigenvalue weighted by Gasteiger charge is -2.32. The molecule has 0 aliphatic heterocycles. The lowest BCUT2D eigenvalue weighted by atomic mass is 9.88. The summed E-state index contributed by atoms with van der Waals surface area (Å²) >= 11 is 0. The standard InChI is InChI=1S/C20H20OSi/c1-20(17-11-5-2-6-12-17,18-13-7-3-8-14-18)21-22-19-15-9-4-10-16-19/h2-16H,22H2,1H3. The predicted octanol–water partition coefficient (Wildman–Crippen LogP) is 3.38. The zero-order chi connectivity index (χ0) is 15.3. The van der Waals surface area contributed by atoms with Gasteiger partial charge in [-0.3, -0.25) is 0 Å². The fourth-order valence-electron chi connectivity index (χ4n) is 2.65. The van der Waals surface area contributed by atoms with E-state index in [9.17, 15) is 0 Å². The van der Waals surface area contributed by atoms with Crippen LogP contribution in [-0.2, 0) is 10.0 Å². The van der Waals surface area contributed by atoms with Gasteiger partial charge in [-0.05, 0) is 23.2 Å². The normalized spacial score (nSPS) is 11.9. The van der Waals surface area contributed by atoms with E-state index >= 15 is 0 Å². The van der Waals surface area contributed by atoms with E-state index in [-0.39, 0.29) is 0 Å². The highest BCUT2D eigenvalue weighted by molar-refractivity contribution is 6.47. The molecular weight excluding hydrogens is 284 g/mol. The van der Waals surface area contributed by atoms with Crippen molar-refractivity contribution in [3.8, 4) is 0 Å². The van der Waals surface area contributed by atoms with Gasteiger partial charge in [0.05, 0.1) is 0 Å². The Morgan fingerprint density at radius 1 is 0.636 bits per heavy atom. The first kappa shape index (κ1) is 14.8. The van der Waals surface area contributed by atoms with Gasteiger partial charge in [-0.2, -0.15) is 0 Å². The Hall–Kier alpha value is -2.16. The first-order chi connectivity index (χ1) is 10.8. The minimum absolute atomic E-state index is 0.398. The highest BCUT2D eigenvalue weighted by Gasteiger charge is 2.29. The van der Waals surface area contributed by atoms with Gasteiger partial charge < -0.3 is 4.43 Å². The maximum atomic E-state index is 6.53. The molecule has 0 aromatic heterocycles. The van der Waals surface area contributed by atoms with Crippen molar-refractivity contribution in [2.75, 3.05) is 0 Å². The molecule has 0 bridgehead atoms. The van der Waals surface area contributed by atoms with Crippen LogP contribution in [0.4, 0.5) is 0 Å². The number of hydrogen-bond donors (Lipinski definition) is 0. The van der Waals surface area contributed by atoms with Gasteiger partial charge in [0.1, 0.15) is 5.60 Å². The molecule has 0 fully saturated rings. The summed E-state index contributed by atoms with van der Waals surface area (Å²) in [5, 5.41) is 1.32. The Labute approximate surface area is 134 Å². The molecule has 110 valence electrons. The highest BCUT2D eigenvalue weighted by atomic mass is 28.2. The predicted molar refractivity (Wildman–Crippen MR) is 95.0 cm³/mol. The summed E-state index contributed by atoms with van der Waals surface area (Å²) in [7, 11) is -0.803. The lowest BCUT2D eigenvalue weighted by Crippen LogP contribution is -2.33. The maximum Gasteiger partial charge on any atom is 0.193 e. The van der Waals surface area contributed by atoms with Crippen LogP contribution in [0.3, 0.4) is 0 Å². The third kappa shape index (κ3) is 3.19. The summed E-state index contributed by atoms with van der Waals surface area (Å²) in [5.41, 5.74) is 2.00. The van der Waals surface area contributed by atoms with Crippen LogP contribution in [0, 0.1) is 0 Å². The third-order valence-electron chi connectivity index (χ3n) is 4.02. The van der Waals surface area contributed by atoms with Crippen molar-refractivity contribution in [2.45, 2.75) is 12.5 Å². The molecule has 0 aliphatic rings. The van der Waals surface area contributed by atoms with E-state index in [0.29, 0.717) is 0 Å². The van der Waals surface area contributed by atoms with Crippen LogP contribution in [0.1, 0.15) is 18.1 Å². The van der Waals surface area contributed by atoms with Crippen LogP contribution in [0.25, 0.3) is 0 Å². The number of benzene rings is 3. The van der Waals surface area contributed by atoms with E-state index in [0.717, 1.165) is 0 Å². The first-order valence-corrected chi connectivity index (χ1v) is 8.86. The molecule has 0 amide bonds. The molecule has 0 saturated carbocycles. The second kappa shape index (κ2) is 6.73. The molecule has 0 aliphatic carbocycles. The molecule has 0 saturated heterocycles. The second-order valence-corrected chi connectivity index (χ2v) is 6.93. The second-order valence-electron chi connectivity index (χ2n) is 5.54. The van der Waals surface area contributed by atoms with Crippen LogP contribution < -0.4 is 5.19 Å². The molecule has 0 unspecified atom stereocenters. The number of rotatable bonds is 5. The summed E-state index contributed by atoms with van der Waals surface area (Å²) in [6.45, 7) is 2.17. The maximum absolute atomic E-state index is 6.53. The molecule has 0 spiro atoms. The average molecular weight is 304 g/mol. The van der Waals surface area contributed by atoms with E-state index in [1.54, 1.807) is 0 Å². The van der Waals surface area contributed by atoms with Crippen molar-refractivity contribution in [1.29, 1.82) is 0 Å². The summed E-state index contributed by atoms with van der Waals surface area (Å²) in [6, 6.07) is 31.5. The zero-order valence-electron chi connectivity index (χ0n) is 12.8. The molecule has 0 N–H and O–H groups in total. The Morgan fingerprint density at radius 2 is 1.05 bits per heavy atom. The molecule has 3 aromatic rings. The van der Waals surface area contributed by atoms with Crippen molar-refractivity contribution in [2.24, 2.45) is 0 Å². The fourth-order valence-corrected chi connectivity index (χ4v) is 3.90. The summed E-state index contributed by atoms with van der Waals surface area (Å²) < 4.78 is 6.53. The lowest BCUT2D eigenvalue weighted by molar-refractivity contribution is 0.143. The van der Waals surface area contributed by atoms with E-state index in [1.807, 2.05) is 18.2 Å². The first-order valence-electron chi connectivity index (χ1n) is 7.58. The number of hydrogen-bond acceptors (Lipinski definition) is 1. The smallest absolute Gasteiger partial charge is 0.193 e. The third-order valence-corrected chi connectivity index (χ3v) is 5.55. The SMILES string of the molecule is CC(O[SiH2]c1ccccc1)(c1ccccc1)c1ccccc1. The highest BCUT2D eigenvalue weighted by Crippen LogP contribution is 2.32. The van der Waals surface area contributed by atoms with Crippen molar-refractivity contribution in [3.63, 3.8) is 0 Å². The molecule has 0 atom stereocenters. The zero-order valence-corrected chi connectivity index (χ0v) is 14.2. The van der Waals surface area contributed by atoms with Gasteiger partial charge >= 0.3 is 0 Å². The van der Waals surface area contributed by atoms with Gasteiger partial charge in [-0.15, -0.1) is 0 Å². The van der Waals surface area contributed by atoms with Crippen LogP contribution >= 0.6 is 0 Å². The van der Waals surface area contributed by atoms with Gasteiger partial charge in [0.25, 0.3) is 0 Å². The van der Waals surface area contributed by atoms with Gasteiger partial charge in [0, 0.05) is 0 Å². The molecule has 0 radical (unpaired) electrons. The minimum Gasteiger partial charge on any atom is -0.405 e.